The van der Waals surface area contributed by atoms with Crippen molar-refractivity contribution < 1.29 is 28.5 Å². The maximum absolute atomic E-state index is 12.1. The molecule has 0 unspecified atom stereocenters. The highest BCUT2D eigenvalue weighted by Gasteiger charge is 2.13. The molecule has 144 valence electrons. The summed E-state index contributed by atoms with van der Waals surface area (Å²) in [5.41, 5.74) is 1.25. The Morgan fingerprint density at radius 1 is 1.07 bits per heavy atom. The van der Waals surface area contributed by atoms with Crippen LogP contribution < -0.4 is 14.2 Å². The molecule has 7 nitrogen and oxygen atoms in total. The summed E-state index contributed by atoms with van der Waals surface area (Å²) in [6, 6.07) is 13.7. The summed E-state index contributed by atoms with van der Waals surface area (Å²) >= 11 is 0. The molecular formula is C21H19NO6. The third-order valence-electron chi connectivity index (χ3n) is 3.69. The van der Waals surface area contributed by atoms with Gasteiger partial charge in [0.15, 0.2) is 18.1 Å². The van der Waals surface area contributed by atoms with E-state index in [1.54, 1.807) is 18.2 Å². The lowest BCUT2D eigenvalue weighted by Crippen LogP contribution is -2.18. The Labute approximate surface area is 162 Å². The van der Waals surface area contributed by atoms with Gasteiger partial charge in [0.25, 0.3) is 0 Å². The molecule has 0 saturated heterocycles. The number of carbonyl (C=O) groups excluding carboxylic acids is 2. The number of methoxy groups -OCH3 is 2. The molecule has 2 aromatic carbocycles. The molecule has 0 N–H and O–H groups in total. The summed E-state index contributed by atoms with van der Waals surface area (Å²) < 4.78 is 20.5. The SMILES string of the molecule is COC(=O)/C(C#N)=C/c1ccc(OC(=O)COc2ccccc2C)c(OC)c1. The molecule has 2 aromatic rings. The van der Waals surface area contributed by atoms with Crippen LogP contribution in [0, 0.1) is 18.3 Å². The topological polar surface area (TPSA) is 94.9 Å². The van der Waals surface area contributed by atoms with Crippen molar-refractivity contribution in [1.29, 1.82) is 5.26 Å². The van der Waals surface area contributed by atoms with Crippen molar-refractivity contribution in [3.05, 3.63) is 59.2 Å². The molecule has 2 rings (SSSR count). The van der Waals surface area contributed by atoms with E-state index in [1.807, 2.05) is 25.1 Å². The number of benzene rings is 2. The average Bonchev–Trinajstić information content (AvgIpc) is 2.71. The molecule has 0 bridgehead atoms. The summed E-state index contributed by atoms with van der Waals surface area (Å²) in [7, 11) is 2.60. The summed E-state index contributed by atoms with van der Waals surface area (Å²) in [6.45, 7) is 1.61. The Bertz CT molecular complexity index is 942. The van der Waals surface area contributed by atoms with Gasteiger partial charge in [0.1, 0.15) is 17.4 Å². The monoisotopic (exact) mass is 381 g/mol. The number of carbonyl (C=O) groups is 2. The molecule has 0 spiro atoms. The lowest BCUT2D eigenvalue weighted by molar-refractivity contribution is -0.137. The van der Waals surface area contributed by atoms with E-state index in [0.717, 1.165) is 5.56 Å². The second kappa shape index (κ2) is 9.78. The largest absolute Gasteiger partial charge is 0.493 e. The summed E-state index contributed by atoms with van der Waals surface area (Å²) in [5, 5.41) is 9.03. The van der Waals surface area contributed by atoms with Gasteiger partial charge in [0, 0.05) is 0 Å². The van der Waals surface area contributed by atoms with Crippen LogP contribution in [-0.2, 0) is 14.3 Å². The van der Waals surface area contributed by atoms with E-state index in [9.17, 15) is 9.59 Å². The van der Waals surface area contributed by atoms with Gasteiger partial charge < -0.3 is 18.9 Å². The van der Waals surface area contributed by atoms with E-state index in [0.29, 0.717) is 11.3 Å². The molecule has 0 radical (unpaired) electrons. The van der Waals surface area contributed by atoms with E-state index >= 15 is 0 Å². The minimum Gasteiger partial charge on any atom is -0.493 e. The molecule has 0 saturated carbocycles. The molecular weight excluding hydrogens is 362 g/mol. The smallest absolute Gasteiger partial charge is 0.349 e. The second-order valence-corrected chi connectivity index (χ2v) is 5.60. The van der Waals surface area contributed by atoms with Gasteiger partial charge in [-0.3, -0.25) is 0 Å². The van der Waals surface area contributed by atoms with Crippen LogP contribution in [0.2, 0.25) is 0 Å². The first-order valence-corrected chi connectivity index (χ1v) is 8.25. The van der Waals surface area contributed by atoms with E-state index in [1.165, 1.54) is 32.4 Å². The highest BCUT2D eigenvalue weighted by atomic mass is 16.6. The normalized spacial score (nSPS) is 10.6. The fraction of sp³-hybridized carbons (Fsp3) is 0.190. The van der Waals surface area contributed by atoms with Crippen LogP contribution in [0.1, 0.15) is 11.1 Å². The molecule has 0 fully saturated rings. The highest BCUT2D eigenvalue weighted by Crippen LogP contribution is 2.29. The van der Waals surface area contributed by atoms with E-state index in [2.05, 4.69) is 4.74 Å². The van der Waals surface area contributed by atoms with Gasteiger partial charge in [0.05, 0.1) is 14.2 Å². The summed E-state index contributed by atoms with van der Waals surface area (Å²) in [6.07, 6.45) is 1.35. The minimum atomic E-state index is -0.745. The third-order valence-corrected chi connectivity index (χ3v) is 3.69. The first-order chi connectivity index (χ1) is 13.5. The van der Waals surface area contributed by atoms with Crippen LogP contribution in [0.5, 0.6) is 17.2 Å². The van der Waals surface area contributed by atoms with Crippen LogP contribution in [0.4, 0.5) is 0 Å². The number of esters is 2. The molecule has 28 heavy (non-hydrogen) atoms. The van der Waals surface area contributed by atoms with Gasteiger partial charge in [-0.05, 0) is 42.3 Å². The molecule has 0 aliphatic carbocycles. The Balaban J connectivity index is 2.10. The van der Waals surface area contributed by atoms with Gasteiger partial charge in [-0.2, -0.15) is 5.26 Å². The molecule has 0 aliphatic heterocycles. The first kappa shape index (κ1) is 20.5. The van der Waals surface area contributed by atoms with Gasteiger partial charge in [0.2, 0.25) is 0 Å². The average molecular weight is 381 g/mol. The molecule has 0 atom stereocenters. The van der Waals surface area contributed by atoms with Crippen molar-refractivity contribution in [2.75, 3.05) is 20.8 Å². The van der Waals surface area contributed by atoms with E-state index < -0.39 is 11.9 Å². The number of hydrogen-bond donors (Lipinski definition) is 0. The van der Waals surface area contributed by atoms with Gasteiger partial charge >= 0.3 is 11.9 Å². The number of hydrogen-bond acceptors (Lipinski definition) is 7. The number of para-hydroxylation sites is 1. The summed E-state index contributed by atoms with van der Waals surface area (Å²) in [4.78, 5) is 23.6. The molecule has 7 heteroatoms. The van der Waals surface area contributed by atoms with Crippen molar-refractivity contribution in [1.82, 2.24) is 0 Å². The van der Waals surface area contributed by atoms with Crippen LogP contribution in [-0.4, -0.2) is 32.8 Å². The van der Waals surface area contributed by atoms with Crippen molar-refractivity contribution in [3.8, 4) is 23.3 Å². The number of nitrogens with zero attached hydrogens (tertiary/aromatic N) is 1. The molecule has 0 amide bonds. The molecule has 0 heterocycles. The van der Waals surface area contributed by atoms with Gasteiger partial charge in [-0.1, -0.05) is 24.3 Å². The van der Waals surface area contributed by atoms with Crippen molar-refractivity contribution in [2.45, 2.75) is 6.92 Å². The van der Waals surface area contributed by atoms with E-state index in [4.69, 9.17) is 19.5 Å². The zero-order valence-corrected chi connectivity index (χ0v) is 15.7. The summed E-state index contributed by atoms with van der Waals surface area (Å²) in [5.74, 6) is -0.295. The number of rotatable bonds is 7. The van der Waals surface area contributed by atoms with Gasteiger partial charge in [-0.15, -0.1) is 0 Å². The van der Waals surface area contributed by atoms with Crippen molar-refractivity contribution in [2.24, 2.45) is 0 Å². The second-order valence-electron chi connectivity index (χ2n) is 5.60. The van der Waals surface area contributed by atoms with Crippen molar-refractivity contribution in [3.63, 3.8) is 0 Å². The predicted molar refractivity (Wildman–Crippen MR) is 101 cm³/mol. The standard InChI is InChI=1S/C21H19NO6/c1-14-6-4-5-7-17(14)27-13-20(23)28-18-9-8-15(11-19(18)25-2)10-16(12-22)21(24)26-3/h4-11H,13H2,1-3H3/b16-10+. The highest BCUT2D eigenvalue weighted by molar-refractivity contribution is 5.97. The Kier molecular flexibility index (Phi) is 7.17. The Morgan fingerprint density at radius 3 is 2.46 bits per heavy atom. The fourth-order valence-corrected chi connectivity index (χ4v) is 2.28. The lowest BCUT2D eigenvalue weighted by Gasteiger charge is -2.11. The zero-order chi connectivity index (χ0) is 20.5. The minimum absolute atomic E-state index is 0.166. The van der Waals surface area contributed by atoms with Crippen LogP contribution >= 0.6 is 0 Å². The number of aryl methyl sites for hydroxylation is 1. The van der Waals surface area contributed by atoms with Crippen LogP contribution in [0.15, 0.2) is 48.0 Å². The first-order valence-electron chi connectivity index (χ1n) is 8.25. The zero-order valence-electron chi connectivity index (χ0n) is 15.7. The lowest BCUT2D eigenvalue weighted by atomic mass is 10.1. The maximum Gasteiger partial charge on any atom is 0.349 e. The third kappa shape index (κ3) is 5.35. The number of ether oxygens (including phenoxy) is 4. The van der Waals surface area contributed by atoms with Gasteiger partial charge in [-0.25, -0.2) is 9.59 Å². The van der Waals surface area contributed by atoms with Crippen LogP contribution in [0.3, 0.4) is 0 Å². The molecule has 0 aromatic heterocycles. The Morgan fingerprint density at radius 2 is 1.82 bits per heavy atom. The maximum atomic E-state index is 12.1. The van der Waals surface area contributed by atoms with Crippen molar-refractivity contribution >= 4 is 18.0 Å². The molecule has 0 aliphatic rings. The quantitative estimate of drug-likeness (QED) is 0.315. The fourth-order valence-electron chi connectivity index (χ4n) is 2.28. The predicted octanol–water partition coefficient (Wildman–Crippen LogP) is 3.07. The number of nitriles is 1. The Hall–Kier alpha value is -3.79. The van der Waals surface area contributed by atoms with E-state index in [-0.39, 0.29) is 23.7 Å². The van der Waals surface area contributed by atoms with Crippen LogP contribution in [0.25, 0.3) is 6.08 Å².